The summed E-state index contributed by atoms with van der Waals surface area (Å²) in [6.07, 6.45) is 1.01. The van der Waals surface area contributed by atoms with Gasteiger partial charge in [0.25, 0.3) is 5.91 Å². The van der Waals surface area contributed by atoms with Gasteiger partial charge in [-0.05, 0) is 25.5 Å². The third-order valence-corrected chi connectivity index (χ3v) is 2.18. The number of rotatable bonds is 4. The van der Waals surface area contributed by atoms with E-state index in [1.807, 2.05) is 56.0 Å². The molecule has 2 nitrogen and oxygen atoms in total. The molecule has 0 aromatic heterocycles. The van der Waals surface area contributed by atoms with Gasteiger partial charge in [-0.1, -0.05) is 39.0 Å². The van der Waals surface area contributed by atoms with Crippen molar-refractivity contribution in [2.24, 2.45) is 0 Å². The first kappa shape index (κ1) is 14.7. The van der Waals surface area contributed by atoms with E-state index in [4.69, 9.17) is 0 Å². The van der Waals surface area contributed by atoms with Crippen LogP contribution in [-0.2, 0) is 0 Å². The minimum absolute atomic E-state index is 0.134. The summed E-state index contributed by atoms with van der Waals surface area (Å²) in [6, 6.07) is 9.44. The van der Waals surface area contributed by atoms with E-state index in [0.717, 1.165) is 25.1 Å². The Morgan fingerprint density at radius 2 is 1.69 bits per heavy atom. The molecule has 0 spiro atoms. The largest absolute Gasteiger partial charge is 0.339 e. The Bertz CT molecular complexity index is 282. The van der Waals surface area contributed by atoms with Crippen molar-refractivity contribution in [1.29, 1.82) is 0 Å². The monoisotopic (exact) mass is 221 g/mol. The molecule has 0 unspecified atom stereocenters. The van der Waals surface area contributed by atoms with Crippen LogP contribution in [0.2, 0.25) is 0 Å². The average Bonchev–Trinajstić information content (AvgIpc) is 2.38. The van der Waals surface area contributed by atoms with Crippen LogP contribution in [0.25, 0.3) is 0 Å². The van der Waals surface area contributed by atoms with Gasteiger partial charge in [-0.2, -0.15) is 0 Å². The minimum atomic E-state index is 0.134. The lowest BCUT2D eigenvalue weighted by Crippen LogP contribution is -2.31. The molecule has 0 heterocycles. The quantitative estimate of drug-likeness (QED) is 0.761. The van der Waals surface area contributed by atoms with Crippen LogP contribution in [0.15, 0.2) is 30.3 Å². The van der Waals surface area contributed by atoms with E-state index in [0.29, 0.717) is 0 Å². The molecule has 0 aliphatic carbocycles. The van der Waals surface area contributed by atoms with Gasteiger partial charge in [0.1, 0.15) is 0 Å². The number of benzene rings is 1. The van der Waals surface area contributed by atoms with E-state index in [1.54, 1.807) is 0 Å². The summed E-state index contributed by atoms with van der Waals surface area (Å²) in [4.78, 5) is 13.8. The molecule has 16 heavy (non-hydrogen) atoms. The Hall–Kier alpha value is -1.31. The zero-order chi connectivity index (χ0) is 12.4. The van der Waals surface area contributed by atoms with E-state index in [2.05, 4.69) is 6.92 Å². The highest BCUT2D eigenvalue weighted by Crippen LogP contribution is 2.04. The van der Waals surface area contributed by atoms with E-state index in [1.165, 1.54) is 0 Å². The molecule has 1 aromatic carbocycles. The van der Waals surface area contributed by atoms with Crippen molar-refractivity contribution >= 4 is 5.91 Å². The van der Waals surface area contributed by atoms with Gasteiger partial charge in [0.05, 0.1) is 0 Å². The van der Waals surface area contributed by atoms with E-state index in [9.17, 15) is 4.79 Å². The zero-order valence-corrected chi connectivity index (χ0v) is 10.9. The number of hydrogen-bond donors (Lipinski definition) is 0. The van der Waals surface area contributed by atoms with Crippen molar-refractivity contribution in [3.8, 4) is 0 Å². The summed E-state index contributed by atoms with van der Waals surface area (Å²) in [7, 11) is 0. The van der Waals surface area contributed by atoms with Gasteiger partial charge < -0.3 is 4.90 Å². The molecule has 0 N–H and O–H groups in total. The fourth-order valence-corrected chi connectivity index (χ4v) is 1.44. The van der Waals surface area contributed by atoms with Crippen LogP contribution < -0.4 is 0 Å². The fraction of sp³-hybridized carbons (Fsp3) is 0.500. The maximum Gasteiger partial charge on any atom is 0.253 e. The van der Waals surface area contributed by atoms with E-state index in [-0.39, 0.29) is 5.91 Å². The molecule has 0 saturated carbocycles. The zero-order valence-electron chi connectivity index (χ0n) is 10.9. The Labute approximate surface area is 99.3 Å². The maximum absolute atomic E-state index is 11.9. The molecule has 0 fully saturated rings. The summed E-state index contributed by atoms with van der Waals surface area (Å²) < 4.78 is 0. The second-order valence-corrected chi connectivity index (χ2v) is 3.25. The van der Waals surface area contributed by atoms with Gasteiger partial charge in [-0.15, -0.1) is 0 Å². The lowest BCUT2D eigenvalue weighted by Gasteiger charge is -2.19. The lowest BCUT2D eigenvalue weighted by atomic mass is 10.2. The van der Waals surface area contributed by atoms with E-state index < -0.39 is 0 Å². The third kappa shape index (κ3) is 4.47. The molecule has 0 aliphatic heterocycles. The normalized spacial score (nSPS) is 9.00. The van der Waals surface area contributed by atoms with Crippen LogP contribution in [0, 0.1) is 0 Å². The highest BCUT2D eigenvalue weighted by atomic mass is 16.2. The maximum atomic E-state index is 11.9. The predicted octanol–water partition coefficient (Wildman–Crippen LogP) is 3.58. The number of amides is 1. The van der Waals surface area contributed by atoms with Gasteiger partial charge in [0.15, 0.2) is 0 Å². The number of hydrogen-bond acceptors (Lipinski definition) is 1. The van der Waals surface area contributed by atoms with Crippen LogP contribution in [-0.4, -0.2) is 23.9 Å². The summed E-state index contributed by atoms with van der Waals surface area (Å²) >= 11 is 0. The fourth-order valence-electron chi connectivity index (χ4n) is 1.44. The molecule has 1 rings (SSSR count). The summed E-state index contributed by atoms with van der Waals surface area (Å²) in [5, 5.41) is 0. The van der Waals surface area contributed by atoms with Crippen molar-refractivity contribution in [2.75, 3.05) is 13.1 Å². The first-order valence-electron chi connectivity index (χ1n) is 6.14. The Balaban J connectivity index is 0.00000106. The predicted molar refractivity (Wildman–Crippen MR) is 69.7 cm³/mol. The van der Waals surface area contributed by atoms with Crippen molar-refractivity contribution in [1.82, 2.24) is 4.90 Å². The second kappa shape index (κ2) is 8.96. The van der Waals surface area contributed by atoms with Gasteiger partial charge in [0, 0.05) is 18.7 Å². The topological polar surface area (TPSA) is 20.3 Å². The molecule has 0 radical (unpaired) electrons. The Morgan fingerprint density at radius 1 is 1.12 bits per heavy atom. The van der Waals surface area contributed by atoms with Gasteiger partial charge in [-0.3, -0.25) is 4.79 Å². The van der Waals surface area contributed by atoms with Crippen LogP contribution in [0.5, 0.6) is 0 Å². The Morgan fingerprint density at radius 3 is 2.12 bits per heavy atom. The number of carbonyl (C=O) groups excluding carboxylic acids is 1. The Kier molecular flexibility index (Phi) is 8.22. The highest BCUT2D eigenvalue weighted by molar-refractivity contribution is 5.94. The SMILES string of the molecule is CC.CCCN(CC)C(=O)c1ccccc1. The molecule has 0 saturated heterocycles. The van der Waals surface area contributed by atoms with Crippen molar-refractivity contribution in [3.63, 3.8) is 0 Å². The lowest BCUT2D eigenvalue weighted by molar-refractivity contribution is 0.0764. The van der Waals surface area contributed by atoms with Crippen molar-refractivity contribution in [2.45, 2.75) is 34.1 Å². The molecule has 0 aliphatic rings. The number of carbonyl (C=O) groups is 1. The highest BCUT2D eigenvalue weighted by Gasteiger charge is 2.11. The van der Waals surface area contributed by atoms with Crippen LogP contribution in [0.3, 0.4) is 0 Å². The molecular weight excluding hydrogens is 198 g/mol. The first-order chi connectivity index (χ1) is 7.79. The minimum Gasteiger partial charge on any atom is -0.339 e. The van der Waals surface area contributed by atoms with Gasteiger partial charge >= 0.3 is 0 Å². The van der Waals surface area contributed by atoms with Crippen molar-refractivity contribution < 1.29 is 4.79 Å². The molecule has 2 heteroatoms. The van der Waals surface area contributed by atoms with E-state index >= 15 is 0 Å². The van der Waals surface area contributed by atoms with Crippen LogP contribution in [0.1, 0.15) is 44.5 Å². The first-order valence-corrected chi connectivity index (χ1v) is 6.14. The molecule has 90 valence electrons. The standard InChI is InChI=1S/C12H17NO.C2H6/c1-3-10-13(4-2)12(14)11-8-6-5-7-9-11;1-2/h5-9H,3-4,10H2,1-2H3;1-2H3. The molecule has 1 amide bonds. The summed E-state index contributed by atoms with van der Waals surface area (Å²) in [6.45, 7) is 9.71. The summed E-state index contributed by atoms with van der Waals surface area (Å²) in [5.41, 5.74) is 0.780. The van der Waals surface area contributed by atoms with Crippen molar-refractivity contribution in [3.05, 3.63) is 35.9 Å². The molecule has 0 atom stereocenters. The average molecular weight is 221 g/mol. The van der Waals surface area contributed by atoms with Crippen LogP contribution >= 0.6 is 0 Å². The van der Waals surface area contributed by atoms with Gasteiger partial charge in [0.2, 0.25) is 0 Å². The molecule has 0 bridgehead atoms. The molecular formula is C14H23NO. The molecule has 1 aromatic rings. The summed E-state index contributed by atoms with van der Waals surface area (Å²) in [5.74, 6) is 0.134. The smallest absolute Gasteiger partial charge is 0.253 e. The van der Waals surface area contributed by atoms with Gasteiger partial charge in [-0.25, -0.2) is 0 Å². The second-order valence-electron chi connectivity index (χ2n) is 3.25. The number of nitrogens with zero attached hydrogens (tertiary/aromatic N) is 1. The van der Waals surface area contributed by atoms with Crippen LogP contribution in [0.4, 0.5) is 0 Å². The third-order valence-electron chi connectivity index (χ3n) is 2.18.